The first kappa shape index (κ1) is 11.0. The summed E-state index contributed by atoms with van der Waals surface area (Å²) in [5.41, 5.74) is -0.0886. The van der Waals surface area contributed by atoms with Gasteiger partial charge in [0, 0.05) is 6.54 Å². The molecule has 1 rings (SSSR count). The predicted octanol–water partition coefficient (Wildman–Crippen LogP) is 0.914. The van der Waals surface area contributed by atoms with Crippen molar-refractivity contribution in [1.29, 1.82) is 0 Å². The Labute approximate surface area is 80.5 Å². The fourth-order valence-corrected chi connectivity index (χ4v) is 1.68. The van der Waals surface area contributed by atoms with E-state index in [0.29, 0.717) is 0 Å². The molecule has 0 aromatic heterocycles. The Morgan fingerprint density at radius 2 is 2.15 bits per heavy atom. The fraction of sp³-hybridized carbons (Fsp3) is 1.00. The molecule has 0 amide bonds. The maximum Gasteiger partial charge on any atom is 0.0811 e. The third kappa shape index (κ3) is 3.25. The third-order valence-corrected chi connectivity index (χ3v) is 2.71. The van der Waals surface area contributed by atoms with E-state index in [1.807, 2.05) is 6.92 Å². The molecule has 3 nitrogen and oxygen atoms in total. The standard InChI is InChI=1S/C10H21NO2/c1-8(12)9(2)13-10(3)5-4-6-11-7-10/h8-9,11-12H,4-7H2,1-3H3. The molecule has 1 saturated heterocycles. The SMILES string of the molecule is CC(O)C(C)OC1(C)CCCNC1. The quantitative estimate of drug-likeness (QED) is 0.690. The molecule has 0 bridgehead atoms. The van der Waals surface area contributed by atoms with Crippen LogP contribution < -0.4 is 5.32 Å². The first-order chi connectivity index (χ1) is 6.03. The van der Waals surface area contributed by atoms with Gasteiger partial charge in [-0.2, -0.15) is 0 Å². The van der Waals surface area contributed by atoms with Crippen LogP contribution in [0.4, 0.5) is 0 Å². The molecule has 1 aliphatic heterocycles. The maximum absolute atomic E-state index is 9.32. The Morgan fingerprint density at radius 1 is 1.46 bits per heavy atom. The van der Waals surface area contributed by atoms with Crippen molar-refractivity contribution in [3.8, 4) is 0 Å². The molecule has 78 valence electrons. The first-order valence-electron chi connectivity index (χ1n) is 5.10. The highest BCUT2D eigenvalue weighted by Gasteiger charge is 2.30. The summed E-state index contributed by atoms with van der Waals surface area (Å²) >= 11 is 0. The zero-order valence-electron chi connectivity index (χ0n) is 8.84. The monoisotopic (exact) mass is 187 g/mol. The smallest absolute Gasteiger partial charge is 0.0811 e. The highest BCUT2D eigenvalue weighted by Crippen LogP contribution is 2.22. The molecule has 3 atom stereocenters. The Bertz CT molecular complexity index is 153. The number of hydrogen-bond donors (Lipinski definition) is 2. The molecule has 0 saturated carbocycles. The van der Waals surface area contributed by atoms with Gasteiger partial charge in [-0.25, -0.2) is 0 Å². The molecular weight excluding hydrogens is 166 g/mol. The van der Waals surface area contributed by atoms with Crippen molar-refractivity contribution in [3.63, 3.8) is 0 Å². The van der Waals surface area contributed by atoms with E-state index in [4.69, 9.17) is 4.74 Å². The highest BCUT2D eigenvalue weighted by molar-refractivity contribution is 4.84. The topological polar surface area (TPSA) is 41.5 Å². The van der Waals surface area contributed by atoms with Crippen LogP contribution in [0.5, 0.6) is 0 Å². The van der Waals surface area contributed by atoms with E-state index in [-0.39, 0.29) is 11.7 Å². The van der Waals surface area contributed by atoms with E-state index >= 15 is 0 Å². The van der Waals surface area contributed by atoms with Crippen molar-refractivity contribution in [3.05, 3.63) is 0 Å². The van der Waals surface area contributed by atoms with Gasteiger partial charge in [0.2, 0.25) is 0 Å². The molecule has 3 unspecified atom stereocenters. The summed E-state index contributed by atoms with van der Waals surface area (Å²) < 4.78 is 5.83. The molecule has 0 aromatic rings. The number of rotatable bonds is 3. The maximum atomic E-state index is 9.32. The molecule has 3 heteroatoms. The van der Waals surface area contributed by atoms with Gasteiger partial charge >= 0.3 is 0 Å². The van der Waals surface area contributed by atoms with E-state index < -0.39 is 6.10 Å². The lowest BCUT2D eigenvalue weighted by Gasteiger charge is -2.37. The number of ether oxygens (including phenoxy) is 1. The molecular formula is C10H21NO2. The zero-order valence-corrected chi connectivity index (χ0v) is 8.84. The Hall–Kier alpha value is -0.120. The average molecular weight is 187 g/mol. The van der Waals surface area contributed by atoms with E-state index in [1.165, 1.54) is 0 Å². The highest BCUT2D eigenvalue weighted by atomic mass is 16.5. The summed E-state index contributed by atoms with van der Waals surface area (Å²) in [5, 5.41) is 12.6. The number of aliphatic hydroxyl groups is 1. The molecule has 1 heterocycles. The number of nitrogens with one attached hydrogen (secondary N) is 1. The van der Waals surface area contributed by atoms with Gasteiger partial charge in [0.15, 0.2) is 0 Å². The van der Waals surface area contributed by atoms with Crippen molar-refractivity contribution in [2.45, 2.75) is 51.4 Å². The van der Waals surface area contributed by atoms with Gasteiger partial charge in [0.05, 0.1) is 17.8 Å². The molecule has 13 heavy (non-hydrogen) atoms. The van der Waals surface area contributed by atoms with Crippen molar-refractivity contribution in [1.82, 2.24) is 5.32 Å². The average Bonchev–Trinajstić information content (AvgIpc) is 2.04. The predicted molar refractivity (Wildman–Crippen MR) is 52.7 cm³/mol. The summed E-state index contributed by atoms with van der Waals surface area (Å²) in [5.74, 6) is 0. The van der Waals surface area contributed by atoms with Crippen molar-refractivity contribution >= 4 is 0 Å². The lowest BCUT2D eigenvalue weighted by Crippen LogP contribution is -2.48. The van der Waals surface area contributed by atoms with Crippen molar-refractivity contribution in [2.24, 2.45) is 0 Å². The van der Waals surface area contributed by atoms with E-state index in [1.54, 1.807) is 6.92 Å². The Kier molecular flexibility index (Phi) is 3.71. The van der Waals surface area contributed by atoms with Crippen molar-refractivity contribution < 1.29 is 9.84 Å². The van der Waals surface area contributed by atoms with Gasteiger partial charge < -0.3 is 15.2 Å². The second-order valence-corrected chi connectivity index (χ2v) is 4.29. The third-order valence-electron chi connectivity index (χ3n) is 2.71. The van der Waals surface area contributed by atoms with Gasteiger partial charge in [-0.3, -0.25) is 0 Å². The summed E-state index contributed by atoms with van der Waals surface area (Å²) in [4.78, 5) is 0. The Balaban J connectivity index is 2.40. The molecule has 0 spiro atoms. The molecule has 1 aliphatic rings. The van der Waals surface area contributed by atoms with E-state index in [9.17, 15) is 5.11 Å². The number of piperidine rings is 1. The van der Waals surface area contributed by atoms with Crippen LogP contribution in [0, 0.1) is 0 Å². The zero-order chi connectivity index (χ0) is 9.90. The van der Waals surface area contributed by atoms with E-state index in [0.717, 1.165) is 25.9 Å². The van der Waals surface area contributed by atoms with Crippen LogP contribution in [-0.4, -0.2) is 36.0 Å². The number of hydrogen-bond acceptors (Lipinski definition) is 3. The van der Waals surface area contributed by atoms with Crippen LogP contribution in [0.2, 0.25) is 0 Å². The minimum absolute atomic E-state index is 0.0788. The number of aliphatic hydroxyl groups excluding tert-OH is 1. The largest absolute Gasteiger partial charge is 0.391 e. The fourth-order valence-electron chi connectivity index (χ4n) is 1.68. The van der Waals surface area contributed by atoms with Gasteiger partial charge in [-0.1, -0.05) is 0 Å². The molecule has 0 radical (unpaired) electrons. The normalized spacial score (nSPS) is 34.2. The summed E-state index contributed by atoms with van der Waals surface area (Å²) in [6.45, 7) is 7.78. The van der Waals surface area contributed by atoms with Gasteiger partial charge in [-0.05, 0) is 40.2 Å². The van der Waals surface area contributed by atoms with Crippen LogP contribution in [-0.2, 0) is 4.74 Å². The van der Waals surface area contributed by atoms with Crippen LogP contribution >= 0.6 is 0 Å². The molecule has 1 fully saturated rings. The van der Waals surface area contributed by atoms with Gasteiger partial charge in [0.25, 0.3) is 0 Å². The summed E-state index contributed by atoms with van der Waals surface area (Å²) in [6.07, 6.45) is 1.77. The second kappa shape index (κ2) is 4.40. The van der Waals surface area contributed by atoms with Gasteiger partial charge in [-0.15, -0.1) is 0 Å². The van der Waals surface area contributed by atoms with Crippen LogP contribution in [0.25, 0.3) is 0 Å². The Morgan fingerprint density at radius 3 is 2.62 bits per heavy atom. The van der Waals surface area contributed by atoms with Crippen molar-refractivity contribution in [2.75, 3.05) is 13.1 Å². The minimum atomic E-state index is -0.390. The summed E-state index contributed by atoms with van der Waals surface area (Å²) in [7, 11) is 0. The first-order valence-corrected chi connectivity index (χ1v) is 5.10. The van der Waals surface area contributed by atoms with Gasteiger partial charge in [0.1, 0.15) is 0 Å². The lowest BCUT2D eigenvalue weighted by molar-refractivity contribution is -0.122. The molecule has 0 aromatic carbocycles. The molecule has 2 N–H and O–H groups in total. The van der Waals surface area contributed by atoms with E-state index in [2.05, 4.69) is 12.2 Å². The lowest BCUT2D eigenvalue weighted by atomic mass is 9.96. The summed E-state index contributed by atoms with van der Waals surface area (Å²) in [6, 6.07) is 0. The minimum Gasteiger partial charge on any atom is -0.391 e. The van der Waals surface area contributed by atoms with Crippen LogP contribution in [0.3, 0.4) is 0 Å². The van der Waals surface area contributed by atoms with Crippen LogP contribution in [0.15, 0.2) is 0 Å². The van der Waals surface area contributed by atoms with Crippen LogP contribution in [0.1, 0.15) is 33.6 Å². The second-order valence-electron chi connectivity index (χ2n) is 4.29. The molecule has 0 aliphatic carbocycles.